The lowest BCUT2D eigenvalue weighted by Gasteiger charge is -2.31. The molecule has 0 aliphatic heterocycles. The average Bonchev–Trinajstić information content (AvgIpc) is 2.99. The molecular weight excluding hydrogens is 427 g/mol. The molecule has 5 nitrogen and oxygen atoms in total. The Labute approximate surface area is 159 Å². The summed E-state index contributed by atoms with van der Waals surface area (Å²) in [5, 5.41) is 3.12. The van der Waals surface area contributed by atoms with Gasteiger partial charge in [-0.25, -0.2) is 4.98 Å². The van der Waals surface area contributed by atoms with Crippen LogP contribution in [0.2, 0.25) is 0 Å². The molecule has 1 aromatic rings. The third kappa shape index (κ3) is 5.86. The van der Waals surface area contributed by atoms with E-state index in [1.807, 2.05) is 7.05 Å². The molecule has 0 radical (unpaired) electrons. The van der Waals surface area contributed by atoms with E-state index in [2.05, 4.69) is 27.1 Å². The third-order valence-corrected chi connectivity index (χ3v) is 4.60. The normalized spacial score (nSPS) is 21.5. The maximum Gasteiger partial charge on any atom is 0.319 e. The topological polar surface area (TPSA) is 45.5 Å². The van der Waals surface area contributed by atoms with Gasteiger partial charge in [0.15, 0.2) is 5.96 Å². The van der Waals surface area contributed by atoms with Gasteiger partial charge in [-0.1, -0.05) is 19.8 Å². The van der Waals surface area contributed by atoms with E-state index >= 15 is 0 Å². The molecule has 1 aromatic heterocycles. The summed E-state index contributed by atoms with van der Waals surface area (Å²) in [6, 6.07) is 0. The van der Waals surface area contributed by atoms with E-state index in [1.165, 1.54) is 38.1 Å². The summed E-state index contributed by atoms with van der Waals surface area (Å²) in [6.07, 6.45) is 7.75. The van der Waals surface area contributed by atoms with Gasteiger partial charge in [-0.3, -0.25) is 9.56 Å². The summed E-state index contributed by atoms with van der Waals surface area (Å²) in [7, 11) is 3.70. The van der Waals surface area contributed by atoms with Crippen LogP contribution < -0.4 is 5.32 Å². The molecular formula is C16H28F2IN5. The number of guanidine groups is 1. The van der Waals surface area contributed by atoms with Gasteiger partial charge in [0.25, 0.3) is 0 Å². The van der Waals surface area contributed by atoms with Gasteiger partial charge in [0.05, 0.1) is 6.54 Å². The smallest absolute Gasteiger partial charge is 0.319 e. The van der Waals surface area contributed by atoms with Gasteiger partial charge in [0, 0.05) is 33.0 Å². The molecule has 1 aliphatic rings. The number of hydrogen-bond donors (Lipinski definition) is 1. The van der Waals surface area contributed by atoms with Crippen LogP contribution in [-0.2, 0) is 6.54 Å². The second kappa shape index (κ2) is 10.1. The van der Waals surface area contributed by atoms with Crippen molar-refractivity contribution in [2.75, 3.05) is 20.6 Å². The zero-order valence-electron chi connectivity index (χ0n) is 14.6. The van der Waals surface area contributed by atoms with E-state index in [0.717, 1.165) is 17.0 Å². The van der Waals surface area contributed by atoms with Crippen LogP contribution in [0.25, 0.3) is 0 Å². The van der Waals surface area contributed by atoms with E-state index in [-0.39, 0.29) is 30.5 Å². The van der Waals surface area contributed by atoms with Gasteiger partial charge in [-0.15, -0.1) is 24.0 Å². The first-order chi connectivity index (χ1) is 11.0. The Morgan fingerprint density at radius 3 is 2.67 bits per heavy atom. The number of imidazole rings is 1. The molecule has 0 amide bonds. The second-order valence-electron chi connectivity index (χ2n) is 6.44. The Morgan fingerprint density at radius 1 is 1.42 bits per heavy atom. The van der Waals surface area contributed by atoms with E-state index in [0.29, 0.717) is 17.7 Å². The molecule has 1 aliphatic carbocycles. The zero-order chi connectivity index (χ0) is 16.8. The van der Waals surface area contributed by atoms with E-state index in [1.54, 1.807) is 7.05 Å². The highest BCUT2D eigenvalue weighted by Crippen LogP contribution is 2.28. The van der Waals surface area contributed by atoms with Crippen LogP contribution in [-0.4, -0.2) is 41.1 Å². The van der Waals surface area contributed by atoms with Crippen molar-refractivity contribution >= 4 is 29.9 Å². The highest BCUT2D eigenvalue weighted by atomic mass is 127. The van der Waals surface area contributed by atoms with Crippen molar-refractivity contribution in [3.8, 4) is 0 Å². The van der Waals surface area contributed by atoms with Crippen molar-refractivity contribution in [2.45, 2.75) is 45.7 Å². The largest absolute Gasteiger partial charge is 0.349 e. The summed E-state index contributed by atoms with van der Waals surface area (Å²) >= 11 is 0. The summed E-state index contributed by atoms with van der Waals surface area (Å²) < 4.78 is 26.5. The minimum Gasteiger partial charge on any atom is -0.349 e. The number of alkyl halides is 2. The molecule has 1 fully saturated rings. The lowest BCUT2D eigenvalue weighted by molar-refractivity contribution is 0.0668. The van der Waals surface area contributed by atoms with Crippen molar-refractivity contribution < 1.29 is 8.78 Å². The molecule has 0 saturated heterocycles. The van der Waals surface area contributed by atoms with Crippen molar-refractivity contribution in [1.29, 1.82) is 0 Å². The maximum atomic E-state index is 12.8. The summed E-state index contributed by atoms with van der Waals surface area (Å²) in [5.41, 5.74) is 0. The maximum absolute atomic E-state index is 12.8. The predicted octanol–water partition coefficient (Wildman–Crippen LogP) is 3.73. The molecule has 1 heterocycles. The fourth-order valence-electron chi connectivity index (χ4n) is 3.19. The molecule has 0 atom stereocenters. The van der Waals surface area contributed by atoms with E-state index in [9.17, 15) is 8.78 Å². The van der Waals surface area contributed by atoms with Crippen LogP contribution in [0, 0.1) is 11.8 Å². The molecule has 138 valence electrons. The Hall–Kier alpha value is -0.930. The van der Waals surface area contributed by atoms with Crippen molar-refractivity contribution in [1.82, 2.24) is 19.8 Å². The Balaban J connectivity index is 0.00000288. The van der Waals surface area contributed by atoms with Gasteiger partial charge in [-0.2, -0.15) is 8.78 Å². The first kappa shape index (κ1) is 21.1. The fourth-order valence-corrected chi connectivity index (χ4v) is 3.19. The minimum atomic E-state index is -2.57. The molecule has 1 saturated carbocycles. The fraction of sp³-hybridized carbons (Fsp3) is 0.750. The first-order valence-electron chi connectivity index (χ1n) is 8.23. The number of rotatable bonds is 5. The number of halogens is 3. The predicted molar refractivity (Wildman–Crippen MR) is 103 cm³/mol. The number of aliphatic imine (C=N–C) groups is 1. The SMILES string of the molecule is CN=C(NCc1nccn1C(F)F)N(C)CC1CCC(C)CC1.I. The molecule has 2 rings (SSSR count). The van der Waals surface area contributed by atoms with Crippen LogP contribution in [0.4, 0.5) is 8.78 Å². The first-order valence-corrected chi connectivity index (χ1v) is 8.23. The molecule has 8 heteroatoms. The minimum absolute atomic E-state index is 0. The summed E-state index contributed by atoms with van der Waals surface area (Å²) in [6.45, 7) is 0.912. The Kier molecular flexibility index (Phi) is 8.93. The molecule has 0 unspecified atom stereocenters. The van der Waals surface area contributed by atoms with E-state index in [4.69, 9.17) is 0 Å². The zero-order valence-corrected chi connectivity index (χ0v) is 16.9. The van der Waals surface area contributed by atoms with Crippen molar-refractivity contribution in [3.63, 3.8) is 0 Å². The summed E-state index contributed by atoms with van der Waals surface area (Å²) in [5.74, 6) is 2.54. The Morgan fingerprint density at radius 2 is 2.08 bits per heavy atom. The lowest BCUT2D eigenvalue weighted by atomic mass is 9.83. The second-order valence-corrected chi connectivity index (χ2v) is 6.44. The van der Waals surface area contributed by atoms with Gasteiger partial charge in [0.1, 0.15) is 5.82 Å². The van der Waals surface area contributed by atoms with Gasteiger partial charge in [0.2, 0.25) is 0 Å². The third-order valence-electron chi connectivity index (χ3n) is 4.60. The van der Waals surface area contributed by atoms with Gasteiger partial charge < -0.3 is 10.2 Å². The van der Waals surface area contributed by atoms with Gasteiger partial charge >= 0.3 is 6.55 Å². The molecule has 1 N–H and O–H groups in total. The van der Waals surface area contributed by atoms with E-state index < -0.39 is 6.55 Å². The van der Waals surface area contributed by atoms with Crippen LogP contribution in [0.5, 0.6) is 0 Å². The van der Waals surface area contributed by atoms with Crippen molar-refractivity contribution in [2.24, 2.45) is 16.8 Å². The van der Waals surface area contributed by atoms with Gasteiger partial charge in [-0.05, 0) is 24.7 Å². The number of hydrogen-bond acceptors (Lipinski definition) is 2. The lowest BCUT2D eigenvalue weighted by Crippen LogP contribution is -2.41. The molecule has 0 aromatic carbocycles. The number of nitrogens with zero attached hydrogens (tertiary/aromatic N) is 4. The van der Waals surface area contributed by atoms with Crippen LogP contribution in [0.1, 0.15) is 45.0 Å². The van der Waals surface area contributed by atoms with Crippen LogP contribution in [0.15, 0.2) is 17.4 Å². The van der Waals surface area contributed by atoms with Crippen LogP contribution in [0.3, 0.4) is 0 Å². The number of nitrogens with one attached hydrogen (secondary N) is 1. The highest BCUT2D eigenvalue weighted by Gasteiger charge is 2.21. The average molecular weight is 455 g/mol. The van der Waals surface area contributed by atoms with Crippen molar-refractivity contribution in [3.05, 3.63) is 18.2 Å². The van der Waals surface area contributed by atoms with Crippen LogP contribution >= 0.6 is 24.0 Å². The molecule has 0 spiro atoms. The molecule has 0 bridgehead atoms. The molecule has 24 heavy (non-hydrogen) atoms. The Bertz CT molecular complexity index is 512. The quantitative estimate of drug-likeness (QED) is 0.418. The highest BCUT2D eigenvalue weighted by molar-refractivity contribution is 14.0. The standard InChI is InChI=1S/C16H27F2N5.HI/c1-12-4-6-13(7-5-12)11-22(3)16(19-2)21-10-14-20-8-9-23(14)15(17)18;/h8-9,12-13,15H,4-7,10-11H2,1-3H3,(H,19,21);1H. The monoisotopic (exact) mass is 455 g/mol. The summed E-state index contributed by atoms with van der Waals surface area (Å²) in [4.78, 5) is 10.3. The number of aromatic nitrogens is 2.